The maximum absolute atomic E-state index is 12.0. The summed E-state index contributed by atoms with van der Waals surface area (Å²) in [6, 6.07) is 10.2. The van der Waals surface area contributed by atoms with Crippen LogP contribution in [0, 0.1) is 24.2 Å². The lowest BCUT2D eigenvalue weighted by Crippen LogP contribution is -2.61. The van der Waals surface area contributed by atoms with Gasteiger partial charge in [-0.15, -0.1) is 6.42 Å². The van der Waals surface area contributed by atoms with E-state index >= 15 is 0 Å². The smallest absolute Gasteiger partial charge is 0.229 e. The van der Waals surface area contributed by atoms with Gasteiger partial charge in [0.05, 0.1) is 18.5 Å². The van der Waals surface area contributed by atoms with E-state index in [2.05, 4.69) is 31.9 Å². The SMILES string of the molecule is C#CCN1C(=O)[C@@H](C(C)C)[C@@H]1/C=C/c1ccccc1. The topological polar surface area (TPSA) is 20.3 Å². The van der Waals surface area contributed by atoms with Crippen molar-refractivity contribution in [3.8, 4) is 12.3 Å². The summed E-state index contributed by atoms with van der Waals surface area (Å²) in [6.45, 7) is 4.56. The standard InChI is InChI=1S/C17H19NO/c1-4-12-18-15(16(13(2)3)17(18)19)11-10-14-8-6-5-7-9-14/h1,5-11,13,15-16H,12H2,2-3H3/b11-10+/t15-,16-/m0/s1. The van der Waals surface area contributed by atoms with Crippen LogP contribution in [0.3, 0.4) is 0 Å². The van der Waals surface area contributed by atoms with Crippen LogP contribution in [0.5, 0.6) is 0 Å². The van der Waals surface area contributed by atoms with Crippen LogP contribution < -0.4 is 0 Å². The van der Waals surface area contributed by atoms with E-state index in [1.54, 1.807) is 4.90 Å². The van der Waals surface area contributed by atoms with Crippen molar-refractivity contribution < 1.29 is 4.79 Å². The quantitative estimate of drug-likeness (QED) is 0.597. The van der Waals surface area contributed by atoms with Gasteiger partial charge in [-0.2, -0.15) is 0 Å². The molecule has 98 valence electrons. The molecule has 19 heavy (non-hydrogen) atoms. The predicted octanol–water partition coefficient (Wildman–Crippen LogP) is 2.82. The molecule has 1 amide bonds. The number of likely N-dealkylation sites (tertiary alicyclic amines) is 1. The first-order valence-corrected chi connectivity index (χ1v) is 6.62. The van der Waals surface area contributed by atoms with Crippen LogP contribution in [0.15, 0.2) is 36.4 Å². The number of rotatable bonds is 4. The molecule has 2 atom stereocenters. The van der Waals surface area contributed by atoms with Gasteiger partial charge in [0, 0.05) is 0 Å². The summed E-state index contributed by atoms with van der Waals surface area (Å²) >= 11 is 0. The Labute approximate surface area is 115 Å². The second-order valence-corrected chi connectivity index (χ2v) is 5.20. The van der Waals surface area contributed by atoms with E-state index in [-0.39, 0.29) is 17.9 Å². The Hall–Kier alpha value is -2.01. The molecule has 2 heteroatoms. The Morgan fingerprint density at radius 2 is 2.05 bits per heavy atom. The van der Waals surface area contributed by atoms with Crippen molar-refractivity contribution in [2.45, 2.75) is 19.9 Å². The van der Waals surface area contributed by atoms with Crippen molar-refractivity contribution in [1.29, 1.82) is 0 Å². The fourth-order valence-corrected chi connectivity index (χ4v) is 2.55. The van der Waals surface area contributed by atoms with Gasteiger partial charge in [-0.05, 0) is 11.5 Å². The zero-order valence-corrected chi connectivity index (χ0v) is 11.4. The highest BCUT2D eigenvalue weighted by Crippen LogP contribution is 2.33. The van der Waals surface area contributed by atoms with Gasteiger partial charge in [0.15, 0.2) is 0 Å². The molecule has 0 radical (unpaired) electrons. The second-order valence-electron chi connectivity index (χ2n) is 5.20. The molecule has 0 unspecified atom stereocenters. The summed E-state index contributed by atoms with van der Waals surface area (Å²) in [4.78, 5) is 13.8. The zero-order chi connectivity index (χ0) is 13.8. The molecule has 0 spiro atoms. The number of β-lactam (4-membered cyclic amide) rings is 1. The van der Waals surface area contributed by atoms with Crippen molar-refractivity contribution in [3.05, 3.63) is 42.0 Å². The third-order valence-corrected chi connectivity index (χ3v) is 3.56. The first-order valence-electron chi connectivity index (χ1n) is 6.62. The van der Waals surface area contributed by atoms with E-state index in [9.17, 15) is 4.79 Å². The van der Waals surface area contributed by atoms with E-state index in [4.69, 9.17) is 6.42 Å². The highest BCUT2D eigenvalue weighted by atomic mass is 16.2. The third kappa shape index (κ3) is 2.71. The number of carbonyl (C=O) groups excluding carboxylic acids is 1. The number of terminal acetylenes is 1. The lowest BCUT2D eigenvalue weighted by atomic mass is 9.78. The minimum absolute atomic E-state index is 0.0633. The number of nitrogens with zero attached hydrogens (tertiary/aromatic N) is 1. The molecule has 1 aliphatic heterocycles. The summed E-state index contributed by atoms with van der Waals surface area (Å²) in [5, 5.41) is 0. The molecule has 0 aromatic heterocycles. The van der Waals surface area contributed by atoms with Crippen LogP contribution in [-0.2, 0) is 4.79 Å². The highest BCUT2D eigenvalue weighted by Gasteiger charge is 2.46. The Bertz CT molecular complexity index is 510. The summed E-state index contributed by atoms with van der Waals surface area (Å²) < 4.78 is 0. The summed E-state index contributed by atoms with van der Waals surface area (Å²) in [7, 11) is 0. The van der Waals surface area contributed by atoms with Crippen LogP contribution in [0.25, 0.3) is 6.08 Å². The normalized spacial score (nSPS) is 22.6. The molecule has 0 saturated carbocycles. The molecule has 2 rings (SSSR count). The van der Waals surface area contributed by atoms with Gasteiger partial charge in [-0.1, -0.05) is 62.3 Å². The van der Waals surface area contributed by atoms with Crippen molar-refractivity contribution in [1.82, 2.24) is 4.90 Å². The Balaban J connectivity index is 2.14. The van der Waals surface area contributed by atoms with Crippen molar-refractivity contribution in [2.75, 3.05) is 6.54 Å². The van der Waals surface area contributed by atoms with Crippen LogP contribution in [0.4, 0.5) is 0 Å². The minimum atomic E-state index is 0.0633. The van der Waals surface area contributed by atoms with E-state index in [1.807, 2.05) is 30.3 Å². The van der Waals surface area contributed by atoms with E-state index in [0.29, 0.717) is 12.5 Å². The average molecular weight is 253 g/mol. The molecule has 0 N–H and O–H groups in total. The van der Waals surface area contributed by atoms with E-state index in [0.717, 1.165) is 5.56 Å². The summed E-state index contributed by atoms with van der Waals surface area (Å²) in [5.41, 5.74) is 1.14. The lowest BCUT2D eigenvalue weighted by molar-refractivity contribution is -0.154. The van der Waals surface area contributed by atoms with E-state index < -0.39 is 0 Å². The number of hydrogen-bond acceptors (Lipinski definition) is 1. The monoisotopic (exact) mass is 253 g/mol. The Kier molecular flexibility index (Phi) is 4.06. The number of hydrogen-bond donors (Lipinski definition) is 0. The lowest BCUT2D eigenvalue weighted by Gasteiger charge is -2.47. The van der Waals surface area contributed by atoms with Crippen LogP contribution in [-0.4, -0.2) is 23.4 Å². The molecule has 1 fully saturated rings. The molecular weight excluding hydrogens is 234 g/mol. The van der Waals surface area contributed by atoms with E-state index in [1.165, 1.54) is 0 Å². The molecule has 1 heterocycles. The Morgan fingerprint density at radius 3 is 2.63 bits per heavy atom. The largest absolute Gasteiger partial charge is 0.324 e. The van der Waals surface area contributed by atoms with Gasteiger partial charge >= 0.3 is 0 Å². The minimum Gasteiger partial charge on any atom is -0.324 e. The molecule has 0 aliphatic carbocycles. The molecule has 0 bridgehead atoms. The van der Waals surface area contributed by atoms with Crippen LogP contribution >= 0.6 is 0 Å². The summed E-state index contributed by atoms with van der Waals surface area (Å²) in [6.07, 6.45) is 9.49. The van der Waals surface area contributed by atoms with Gasteiger partial charge in [0.25, 0.3) is 0 Å². The molecule has 1 aromatic rings. The van der Waals surface area contributed by atoms with Gasteiger partial charge in [-0.3, -0.25) is 4.79 Å². The first-order chi connectivity index (χ1) is 9.15. The van der Waals surface area contributed by atoms with Gasteiger partial charge in [-0.25, -0.2) is 0 Å². The fraction of sp³-hybridized carbons (Fsp3) is 0.353. The van der Waals surface area contributed by atoms with Crippen molar-refractivity contribution >= 4 is 12.0 Å². The van der Waals surface area contributed by atoms with Gasteiger partial charge < -0.3 is 4.90 Å². The maximum atomic E-state index is 12.0. The molecule has 1 aromatic carbocycles. The number of carbonyl (C=O) groups is 1. The first kappa shape index (κ1) is 13.4. The van der Waals surface area contributed by atoms with Gasteiger partial charge in [0.2, 0.25) is 5.91 Å². The number of benzene rings is 1. The third-order valence-electron chi connectivity index (χ3n) is 3.56. The molecular formula is C17H19NO. The fourth-order valence-electron chi connectivity index (χ4n) is 2.55. The molecule has 2 nitrogen and oxygen atoms in total. The predicted molar refractivity (Wildman–Crippen MR) is 78.1 cm³/mol. The van der Waals surface area contributed by atoms with Crippen molar-refractivity contribution in [3.63, 3.8) is 0 Å². The van der Waals surface area contributed by atoms with Crippen molar-refractivity contribution in [2.24, 2.45) is 11.8 Å². The average Bonchev–Trinajstić information content (AvgIpc) is 2.41. The van der Waals surface area contributed by atoms with Crippen LogP contribution in [0.2, 0.25) is 0 Å². The summed E-state index contributed by atoms with van der Waals surface area (Å²) in [5.74, 6) is 3.14. The number of amides is 1. The second kappa shape index (κ2) is 5.75. The van der Waals surface area contributed by atoms with Gasteiger partial charge in [0.1, 0.15) is 0 Å². The highest BCUT2D eigenvalue weighted by molar-refractivity contribution is 5.87. The zero-order valence-electron chi connectivity index (χ0n) is 11.4. The maximum Gasteiger partial charge on any atom is 0.229 e. The van der Waals surface area contributed by atoms with Crippen LogP contribution in [0.1, 0.15) is 19.4 Å². The molecule has 1 aliphatic rings. The Morgan fingerprint density at radius 1 is 1.37 bits per heavy atom. The molecule has 1 saturated heterocycles.